The zero-order chi connectivity index (χ0) is 26.0. The van der Waals surface area contributed by atoms with Crippen LogP contribution in [0.15, 0.2) is 79.3 Å². The molecule has 1 saturated heterocycles. The topological polar surface area (TPSA) is 88.6 Å². The first-order valence-corrected chi connectivity index (χ1v) is 13.1. The first-order valence-electron chi connectivity index (χ1n) is 13.1. The van der Waals surface area contributed by atoms with Crippen molar-refractivity contribution in [2.24, 2.45) is 0 Å². The van der Waals surface area contributed by atoms with E-state index in [0.29, 0.717) is 31.1 Å². The molecule has 1 fully saturated rings. The lowest BCUT2D eigenvalue weighted by molar-refractivity contribution is 0.183. The third-order valence-electron chi connectivity index (χ3n) is 6.62. The summed E-state index contributed by atoms with van der Waals surface area (Å²) in [5.74, 6) is 1.64. The van der Waals surface area contributed by atoms with Crippen molar-refractivity contribution in [3.8, 4) is 11.5 Å². The summed E-state index contributed by atoms with van der Waals surface area (Å²) < 4.78 is 12.1. The lowest BCUT2D eigenvalue weighted by atomic mass is 10.1. The number of nitrogens with one attached hydrogen (secondary N) is 2. The quantitative estimate of drug-likeness (QED) is 0.297. The molecule has 4 aromatic rings. The second-order valence-corrected chi connectivity index (χ2v) is 9.34. The lowest BCUT2D eigenvalue weighted by Gasteiger charge is -2.26. The maximum absolute atomic E-state index is 12.5. The summed E-state index contributed by atoms with van der Waals surface area (Å²) in [6.07, 6.45) is 8.76. The Labute approximate surface area is 223 Å². The van der Waals surface area contributed by atoms with Crippen molar-refractivity contribution in [3.63, 3.8) is 0 Å². The highest BCUT2D eigenvalue weighted by Crippen LogP contribution is 2.32. The number of nitrogens with zero attached hydrogens (tertiary/aromatic N) is 3. The van der Waals surface area contributed by atoms with Gasteiger partial charge in [-0.05, 0) is 55.8 Å². The number of amides is 2. The fourth-order valence-electron chi connectivity index (χ4n) is 4.58. The molecule has 2 amide bonds. The van der Waals surface area contributed by atoms with Gasteiger partial charge in [-0.15, -0.1) is 0 Å². The van der Waals surface area contributed by atoms with Gasteiger partial charge in [-0.25, -0.2) is 4.79 Å². The fourth-order valence-corrected chi connectivity index (χ4v) is 4.58. The number of aromatic nitrogens is 2. The number of fused-ring (bicyclic) bond motifs is 1. The molecule has 0 radical (unpaired) electrons. The van der Waals surface area contributed by atoms with Crippen LogP contribution in [0.4, 0.5) is 10.5 Å². The average molecular weight is 512 g/mol. The Hall–Kier alpha value is -4.17. The van der Waals surface area contributed by atoms with E-state index in [0.717, 1.165) is 34.4 Å². The SMILES string of the molecule is O=C(NCc1cnccn1)Nc1ccc(OCc2ccc(OCCN3CCCCC3)cc2)c2ccccc12. The van der Waals surface area contributed by atoms with Crippen molar-refractivity contribution in [1.82, 2.24) is 20.2 Å². The maximum Gasteiger partial charge on any atom is 0.319 e. The summed E-state index contributed by atoms with van der Waals surface area (Å²) in [4.78, 5) is 23.1. The Bertz CT molecular complexity index is 1330. The number of piperidine rings is 1. The number of hydrogen-bond acceptors (Lipinski definition) is 6. The number of ether oxygens (including phenoxy) is 2. The van der Waals surface area contributed by atoms with Crippen molar-refractivity contribution in [3.05, 3.63) is 90.5 Å². The third kappa shape index (κ3) is 6.98. The number of anilines is 1. The summed E-state index contributed by atoms with van der Waals surface area (Å²) in [5, 5.41) is 7.57. The third-order valence-corrected chi connectivity index (χ3v) is 6.62. The van der Waals surface area contributed by atoms with Crippen LogP contribution in [-0.2, 0) is 13.2 Å². The molecule has 0 saturated carbocycles. The normalized spacial score (nSPS) is 13.7. The standard InChI is InChI=1S/C30H33N5O3/c36-30(33-21-24-20-31-14-15-32-24)34-28-12-13-29(27-7-3-2-6-26(27)28)38-22-23-8-10-25(11-9-23)37-19-18-35-16-4-1-5-17-35/h2-3,6-15,20H,1,4-5,16-19,21-22H2,(H2,33,34,36). The average Bonchev–Trinajstić information content (AvgIpc) is 2.97. The minimum atomic E-state index is -0.312. The molecule has 1 aliphatic heterocycles. The molecular weight excluding hydrogens is 478 g/mol. The predicted octanol–water partition coefficient (Wildman–Crippen LogP) is 5.40. The molecule has 2 heterocycles. The second kappa shape index (κ2) is 12.9. The Morgan fingerprint density at radius 2 is 1.71 bits per heavy atom. The maximum atomic E-state index is 12.5. The fraction of sp³-hybridized carbons (Fsp3) is 0.300. The van der Waals surface area contributed by atoms with E-state index >= 15 is 0 Å². The van der Waals surface area contributed by atoms with Crippen molar-refractivity contribution in [1.29, 1.82) is 0 Å². The molecule has 3 aromatic carbocycles. The van der Waals surface area contributed by atoms with E-state index in [1.165, 1.54) is 32.4 Å². The zero-order valence-electron chi connectivity index (χ0n) is 21.4. The van der Waals surface area contributed by atoms with Gasteiger partial charge in [0.1, 0.15) is 24.7 Å². The molecule has 0 aliphatic carbocycles. The molecule has 0 spiro atoms. The van der Waals surface area contributed by atoms with Crippen LogP contribution in [0.5, 0.6) is 11.5 Å². The van der Waals surface area contributed by atoms with E-state index in [9.17, 15) is 4.79 Å². The van der Waals surface area contributed by atoms with Crippen molar-refractivity contribution in [2.75, 3.05) is 31.6 Å². The molecule has 5 rings (SSSR count). The Morgan fingerprint density at radius 3 is 2.50 bits per heavy atom. The molecule has 38 heavy (non-hydrogen) atoms. The number of carbonyl (C=O) groups excluding carboxylic acids is 1. The molecule has 0 atom stereocenters. The van der Waals surface area contributed by atoms with Crippen molar-refractivity contribution >= 4 is 22.5 Å². The molecule has 2 N–H and O–H groups in total. The largest absolute Gasteiger partial charge is 0.492 e. The molecule has 0 unspecified atom stereocenters. The highest BCUT2D eigenvalue weighted by atomic mass is 16.5. The van der Waals surface area contributed by atoms with E-state index < -0.39 is 0 Å². The van der Waals surface area contributed by atoms with Crippen LogP contribution >= 0.6 is 0 Å². The minimum Gasteiger partial charge on any atom is -0.492 e. The van der Waals surface area contributed by atoms with Crippen LogP contribution in [0, 0.1) is 0 Å². The van der Waals surface area contributed by atoms with Crippen molar-refractivity contribution in [2.45, 2.75) is 32.4 Å². The van der Waals surface area contributed by atoms with Crippen LogP contribution in [0.2, 0.25) is 0 Å². The first kappa shape index (κ1) is 25.5. The van der Waals surface area contributed by atoms with Gasteiger partial charge in [0.25, 0.3) is 0 Å². The smallest absolute Gasteiger partial charge is 0.319 e. The van der Waals surface area contributed by atoms with Gasteiger partial charge in [0.05, 0.1) is 24.1 Å². The van der Waals surface area contributed by atoms with Crippen LogP contribution < -0.4 is 20.1 Å². The summed E-state index contributed by atoms with van der Waals surface area (Å²) in [7, 11) is 0. The number of hydrogen-bond donors (Lipinski definition) is 2. The van der Waals surface area contributed by atoms with Gasteiger partial charge < -0.3 is 20.1 Å². The summed E-state index contributed by atoms with van der Waals surface area (Å²) in [6.45, 7) is 4.78. The Balaban J connectivity index is 1.15. The van der Waals surface area contributed by atoms with Gasteiger partial charge >= 0.3 is 6.03 Å². The van der Waals surface area contributed by atoms with Gasteiger partial charge in [0.2, 0.25) is 0 Å². The van der Waals surface area contributed by atoms with Gasteiger partial charge in [0, 0.05) is 29.7 Å². The van der Waals surface area contributed by atoms with Crippen molar-refractivity contribution < 1.29 is 14.3 Å². The molecular formula is C30H33N5O3. The highest BCUT2D eigenvalue weighted by molar-refractivity contribution is 6.03. The molecule has 1 aromatic heterocycles. The van der Waals surface area contributed by atoms with Gasteiger partial charge in [0.15, 0.2) is 0 Å². The predicted molar refractivity (Wildman–Crippen MR) is 148 cm³/mol. The van der Waals surface area contributed by atoms with E-state index in [-0.39, 0.29) is 6.03 Å². The number of likely N-dealkylation sites (tertiary alicyclic amines) is 1. The molecule has 196 valence electrons. The Morgan fingerprint density at radius 1 is 0.895 bits per heavy atom. The van der Waals surface area contributed by atoms with Crippen LogP contribution in [0.1, 0.15) is 30.5 Å². The number of urea groups is 1. The van der Waals surface area contributed by atoms with Crippen LogP contribution in [0.25, 0.3) is 10.8 Å². The summed E-state index contributed by atoms with van der Waals surface area (Å²) >= 11 is 0. The highest BCUT2D eigenvalue weighted by Gasteiger charge is 2.11. The number of carbonyl (C=O) groups is 1. The van der Waals surface area contributed by atoms with E-state index in [1.807, 2.05) is 60.7 Å². The van der Waals surface area contributed by atoms with E-state index in [4.69, 9.17) is 9.47 Å². The van der Waals surface area contributed by atoms with E-state index in [2.05, 4.69) is 25.5 Å². The van der Waals surface area contributed by atoms with Gasteiger partial charge in [-0.2, -0.15) is 0 Å². The summed E-state index contributed by atoms with van der Waals surface area (Å²) in [6, 6.07) is 19.4. The van der Waals surface area contributed by atoms with Gasteiger partial charge in [-0.3, -0.25) is 14.9 Å². The monoisotopic (exact) mass is 511 g/mol. The molecule has 8 heteroatoms. The van der Waals surface area contributed by atoms with Crippen LogP contribution in [-0.4, -0.2) is 47.1 Å². The molecule has 0 bridgehead atoms. The van der Waals surface area contributed by atoms with Crippen LogP contribution in [0.3, 0.4) is 0 Å². The number of benzene rings is 3. The first-order chi connectivity index (χ1) is 18.7. The Kier molecular flexibility index (Phi) is 8.63. The second-order valence-electron chi connectivity index (χ2n) is 9.34. The van der Waals surface area contributed by atoms with Gasteiger partial charge in [-0.1, -0.05) is 42.8 Å². The zero-order valence-corrected chi connectivity index (χ0v) is 21.4. The lowest BCUT2D eigenvalue weighted by Crippen LogP contribution is -2.33. The number of rotatable bonds is 10. The minimum absolute atomic E-state index is 0.293. The summed E-state index contributed by atoms with van der Waals surface area (Å²) in [5.41, 5.74) is 2.45. The molecule has 1 aliphatic rings. The van der Waals surface area contributed by atoms with E-state index in [1.54, 1.807) is 18.6 Å². The molecule has 8 nitrogen and oxygen atoms in total.